The van der Waals surface area contributed by atoms with E-state index in [9.17, 15) is 13.6 Å². The Labute approximate surface area is 176 Å². The zero-order chi connectivity index (χ0) is 21.3. The number of carbonyl (C=O) groups is 1. The van der Waals surface area contributed by atoms with Crippen LogP contribution < -0.4 is 5.32 Å². The third kappa shape index (κ3) is 4.11. The van der Waals surface area contributed by atoms with Gasteiger partial charge in [-0.25, -0.2) is 18.7 Å². The van der Waals surface area contributed by atoms with Crippen molar-refractivity contribution in [3.63, 3.8) is 0 Å². The van der Waals surface area contributed by atoms with Gasteiger partial charge in [0.2, 0.25) is 5.91 Å². The lowest BCUT2D eigenvalue weighted by atomic mass is 10.0. The van der Waals surface area contributed by atoms with Gasteiger partial charge in [-0.05, 0) is 31.1 Å². The van der Waals surface area contributed by atoms with Crippen molar-refractivity contribution in [2.45, 2.75) is 26.3 Å². The Hall–Kier alpha value is -3.07. The maximum atomic E-state index is 13.1. The summed E-state index contributed by atoms with van der Waals surface area (Å²) in [6.07, 6.45) is 4.87. The topological polar surface area (TPSA) is 63.1 Å². The molecule has 0 saturated heterocycles. The fourth-order valence-electron chi connectivity index (χ4n) is 3.54. The molecule has 0 spiro atoms. The number of amides is 1. The third-order valence-electron chi connectivity index (χ3n) is 4.96. The number of nitrogens with one attached hydrogen (secondary N) is 1. The fraction of sp³-hybridized carbons (Fsp3) is 0.286. The molecule has 0 bridgehead atoms. The molecule has 1 N–H and O–H groups in total. The van der Waals surface area contributed by atoms with E-state index in [1.54, 1.807) is 27.9 Å². The van der Waals surface area contributed by atoms with Gasteiger partial charge in [0.1, 0.15) is 5.82 Å². The average molecular weight is 429 g/mol. The van der Waals surface area contributed by atoms with Gasteiger partial charge in [-0.15, -0.1) is 11.3 Å². The molecule has 6 nitrogen and oxygen atoms in total. The smallest absolute Gasteiger partial charge is 0.256 e. The van der Waals surface area contributed by atoms with Gasteiger partial charge < -0.3 is 14.8 Å². The highest BCUT2D eigenvalue weighted by atomic mass is 32.1. The van der Waals surface area contributed by atoms with Crippen molar-refractivity contribution >= 4 is 44.7 Å². The number of alkyl halides is 2. The highest BCUT2D eigenvalue weighted by Crippen LogP contribution is 2.32. The summed E-state index contributed by atoms with van der Waals surface area (Å²) in [4.78, 5) is 23.7. The lowest BCUT2D eigenvalue weighted by Crippen LogP contribution is -2.33. The minimum absolute atomic E-state index is 0.110. The monoisotopic (exact) mass is 429 g/mol. The average Bonchev–Trinajstić information content (AvgIpc) is 3.32. The first-order valence-corrected chi connectivity index (χ1v) is 10.3. The summed E-state index contributed by atoms with van der Waals surface area (Å²) in [6, 6.07) is 3.59. The maximum Gasteiger partial charge on any atom is 0.256 e. The third-order valence-corrected chi connectivity index (χ3v) is 5.79. The van der Waals surface area contributed by atoms with Crippen LogP contribution in [0.2, 0.25) is 0 Å². The largest absolute Gasteiger partial charge is 0.342 e. The lowest BCUT2D eigenvalue weighted by molar-refractivity contribution is -0.125. The molecule has 1 aliphatic rings. The Kier molecular flexibility index (Phi) is 5.63. The highest BCUT2D eigenvalue weighted by molar-refractivity contribution is 7.15. The molecule has 9 heteroatoms. The number of fused-ring (bicyclic) bond motifs is 1. The summed E-state index contributed by atoms with van der Waals surface area (Å²) in [7, 11) is 0. The van der Waals surface area contributed by atoms with Crippen molar-refractivity contribution in [1.82, 2.24) is 19.4 Å². The van der Waals surface area contributed by atoms with Gasteiger partial charge in [0.25, 0.3) is 6.43 Å². The van der Waals surface area contributed by atoms with Crippen LogP contribution in [0.25, 0.3) is 16.5 Å². The van der Waals surface area contributed by atoms with E-state index >= 15 is 0 Å². The van der Waals surface area contributed by atoms with Gasteiger partial charge >= 0.3 is 0 Å². The second-order valence-corrected chi connectivity index (χ2v) is 8.25. The number of nitrogens with zero attached hydrogens (tertiary/aromatic N) is 4. The summed E-state index contributed by atoms with van der Waals surface area (Å²) in [5.74, 6) is 0.438. The van der Waals surface area contributed by atoms with Gasteiger partial charge in [0.05, 0.1) is 17.8 Å². The molecule has 156 valence electrons. The number of hydrogen-bond donors (Lipinski definition) is 1. The van der Waals surface area contributed by atoms with E-state index in [0.717, 1.165) is 21.5 Å². The molecule has 0 radical (unpaired) electrons. The number of carbonyl (C=O) groups excluding carboxylic acids is 1. The van der Waals surface area contributed by atoms with E-state index in [4.69, 9.17) is 4.98 Å². The van der Waals surface area contributed by atoms with Crippen molar-refractivity contribution in [2.24, 2.45) is 0 Å². The zero-order valence-electron chi connectivity index (χ0n) is 16.4. The predicted octanol–water partition coefficient (Wildman–Crippen LogP) is 4.61. The van der Waals surface area contributed by atoms with Gasteiger partial charge in [0, 0.05) is 41.8 Å². The minimum Gasteiger partial charge on any atom is -0.342 e. The summed E-state index contributed by atoms with van der Waals surface area (Å²) in [6.45, 7) is 6.13. The molecule has 3 aromatic heterocycles. The first kappa shape index (κ1) is 20.2. The van der Waals surface area contributed by atoms with Crippen molar-refractivity contribution in [3.8, 4) is 0 Å². The minimum atomic E-state index is -2.46. The molecule has 0 atom stereocenters. The number of thiazole rings is 1. The van der Waals surface area contributed by atoms with E-state index in [0.29, 0.717) is 36.0 Å². The van der Waals surface area contributed by atoms with Crippen LogP contribution in [-0.2, 0) is 11.3 Å². The molecule has 0 aromatic carbocycles. The fourth-order valence-corrected chi connectivity index (χ4v) is 4.21. The lowest BCUT2D eigenvalue weighted by Gasteiger charge is -2.25. The van der Waals surface area contributed by atoms with Crippen LogP contribution in [0, 0.1) is 6.92 Å². The molecule has 30 heavy (non-hydrogen) atoms. The van der Waals surface area contributed by atoms with Crippen LogP contribution in [-0.4, -0.2) is 44.9 Å². The summed E-state index contributed by atoms with van der Waals surface area (Å²) in [5.41, 5.74) is 2.41. The number of aromatic nitrogens is 3. The van der Waals surface area contributed by atoms with Crippen LogP contribution in [0.3, 0.4) is 0 Å². The molecular formula is C21H21F2N5OS. The molecule has 0 unspecified atom stereocenters. The van der Waals surface area contributed by atoms with Gasteiger partial charge in [-0.2, -0.15) is 0 Å². The van der Waals surface area contributed by atoms with Crippen LogP contribution in [0.5, 0.6) is 0 Å². The Balaban J connectivity index is 1.75. The highest BCUT2D eigenvalue weighted by Gasteiger charge is 2.20. The first-order chi connectivity index (χ1) is 14.4. The summed E-state index contributed by atoms with van der Waals surface area (Å²) in [5, 5.41) is 4.70. The Morgan fingerprint density at radius 1 is 1.47 bits per heavy atom. The standard InChI is InChI=1S/C21H21F2N5OS/c1-3-19(29)27-7-4-14(5-8-27)20-15-6-9-28(12-17(22)23)16(15)10-18(25-20)26-21-24-11-13(2)30-21/h3-4,6,9-11,17H,1,5,7-8,12H2,2H3,(H,24,25,26). The van der Waals surface area contributed by atoms with Crippen molar-refractivity contribution in [3.05, 3.63) is 53.8 Å². The zero-order valence-corrected chi connectivity index (χ0v) is 17.3. The number of anilines is 2. The van der Waals surface area contributed by atoms with E-state index in [1.165, 1.54) is 17.4 Å². The van der Waals surface area contributed by atoms with Crippen LogP contribution in [0.1, 0.15) is 17.0 Å². The van der Waals surface area contributed by atoms with E-state index in [-0.39, 0.29) is 12.5 Å². The Morgan fingerprint density at radius 2 is 2.30 bits per heavy atom. The Bertz CT molecular complexity index is 1130. The maximum absolute atomic E-state index is 13.1. The summed E-state index contributed by atoms with van der Waals surface area (Å²) >= 11 is 1.50. The van der Waals surface area contributed by atoms with Gasteiger partial charge in [-0.1, -0.05) is 12.7 Å². The normalized spacial score (nSPS) is 14.3. The van der Waals surface area contributed by atoms with Crippen LogP contribution in [0.15, 0.2) is 43.3 Å². The molecule has 4 rings (SSSR count). The molecular weight excluding hydrogens is 408 g/mol. The van der Waals surface area contributed by atoms with Crippen molar-refractivity contribution in [1.29, 1.82) is 0 Å². The number of aryl methyl sites for hydroxylation is 1. The molecule has 0 fully saturated rings. The Morgan fingerprint density at radius 3 is 2.93 bits per heavy atom. The van der Waals surface area contributed by atoms with E-state index in [1.807, 2.05) is 19.1 Å². The van der Waals surface area contributed by atoms with Crippen LogP contribution in [0.4, 0.5) is 19.7 Å². The summed E-state index contributed by atoms with van der Waals surface area (Å²) < 4.78 is 27.7. The predicted molar refractivity (Wildman–Crippen MR) is 115 cm³/mol. The first-order valence-electron chi connectivity index (χ1n) is 9.53. The van der Waals surface area contributed by atoms with E-state index in [2.05, 4.69) is 16.9 Å². The molecule has 4 heterocycles. The molecule has 1 amide bonds. The van der Waals surface area contributed by atoms with E-state index < -0.39 is 6.43 Å². The van der Waals surface area contributed by atoms with Crippen molar-refractivity contribution < 1.29 is 13.6 Å². The van der Waals surface area contributed by atoms with Crippen LogP contribution >= 0.6 is 11.3 Å². The quantitative estimate of drug-likeness (QED) is 0.581. The second-order valence-electron chi connectivity index (χ2n) is 7.02. The van der Waals surface area contributed by atoms with Gasteiger partial charge in [0.15, 0.2) is 5.13 Å². The number of halogens is 2. The number of rotatable bonds is 6. The number of pyridine rings is 1. The second kappa shape index (κ2) is 8.35. The molecule has 0 aliphatic carbocycles. The molecule has 3 aromatic rings. The molecule has 0 saturated carbocycles. The van der Waals surface area contributed by atoms with Gasteiger partial charge in [-0.3, -0.25) is 4.79 Å². The molecule has 1 aliphatic heterocycles. The SMILES string of the molecule is C=CC(=O)N1CC=C(c2nc(Nc3ncc(C)s3)cc3c2ccn3CC(F)F)CC1. The van der Waals surface area contributed by atoms with Crippen molar-refractivity contribution in [2.75, 3.05) is 18.4 Å². The number of hydrogen-bond acceptors (Lipinski definition) is 5.